The van der Waals surface area contributed by atoms with E-state index in [1.807, 2.05) is 7.48 Å². The normalized spacial score (nSPS) is 18.2. The monoisotopic (exact) mass is 285 g/mol. The summed E-state index contributed by atoms with van der Waals surface area (Å²) < 4.78 is 11.8. The zero-order valence-corrected chi connectivity index (χ0v) is 12.6. The van der Waals surface area contributed by atoms with Gasteiger partial charge in [-0.05, 0) is 36.9 Å². The zero-order chi connectivity index (χ0) is 14.8. The molecule has 1 aromatic rings. The largest absolute Gasteiger partial charge is 0.563 e. The Morgan fingerprint density at radius 3 is 3.10 bits per heavy atom. The van der Waals surface area contributed by atoms with Crippen LogP contribution in [-0.4, -0.2) is 44.7 Å². The molecule has 0 unspecified atom stereocenters. The molecule has 2 heterocycles. The topological polar surface area (TPSA) is 47.7 Å². The first-order valence-corrected chi connectivity index (χ1v) is 7.54. The highest BCUT2D eigenvalue weighted by Gasteiger charge is 2.29. The van der Waals surface area contributed by atoms with Crippen LogP contribution in [-0.2, 0) is 6.42 Å². The van der Waals surface area contributed by atoms with Gasteiger partial charge in [-0.3, -0.25) is 4.90 Å². The Morgan fingerprint density at radius 1 is 1.52 bits per heavy atom. The summed E-state index contributed by atoms with van der Waals surface area (Å²) >= 11 is 0. The predicted molar refractivity (Wildman–Crippen MR) is 85.1 cm³/mol. The summed E-state index contributed by atoms with van der Waals surface area (Å²) in [4.78, 5) is 2.30. The summed E-state index contributed by atoms with van der Waals surface area (Å²) in [7, 11) is 1.88. The molecule has 111 valence electrons. The summed E-state index contributed by atoms with van der Waals surface area (Å²) in [5.74, 6) is 1.91. The van der Waals surface area contributed by atoms with E-state index in [4.69, 9.17) is 15.1 Å². The highest BCUT2D eigenvalue weighted by molar-refractivity contribution is 6.29. The Balaban J connectivity index is 1.58. The Bertz CT molecular complexity index is 541. The maximum absolute atomic E-state index is 6.10. The van der Waals surface area contributed by atoms with Crippen LogP contribution >= 0.6 is 0 Å². The lowest BCUT2D eigenvalue weighted by molar-refractivity contribution is 0.0259. The minimum atomic E-state index is 0.250. The van der Waals surface area contributed by atoms with Crippen molar-refractivity contribution in [2.75, 3.05) is 26.2 Å². The Kier molecular flexibility index (Phi) is 4.22. The van der Waals surface area contributed by atoms with Gasteiger partial charge in [0.25, 0.3) is 0 Å². The average Bonchev–Trinajstić information content (AvgIpc) is 2.47. The van der Waals surface area contributed by atoms with E-state index in [0.29, 0.717) is 6.54 Å². The third kappa shape index (κ3) is 3.09. The number of nitrogens with two attached hydrogens (primary N) is 1. The molecule has 5 heteroatoms. The second kappa shape index (κ2) is 6.12. The van der Waals surface area contributed by atoms with E-state index < -0.39 is 0 Å². The van der Waals surface area contributed by atoms with Crippen LogP contribution in [0.1, 0.15) is 11.1 Å². The molecule has 1 saturated heterocycles. The minimum absolute atomic E-state index is 0.250. The summed E-state index contributed by atoms with van der Waals surface area (Å²) in [6.45, 7) is 9.30. The van der Waals surface area contributed by atoms with Crippen LogP contribution in [0.3, 0.4) is 0 Å². The number of likely N-dealkylation sites (tertiary alicyclic amines) is 1. The summed E-state index contributed by atoms with van der Waals surface area (Å²) in [5, 5.41) is 0. The number of ether oxygens (including phenoxy) is 1. The summed E-state index contributed by atoms with van der Waals surface area (Å²) in [6.07, 6.45) is 2.28. The number of rotatable bonds is 5. The highest BCUT2D eigenvalue weighted by atomic mass is 16.5. The minimum Gasteiger partial charge on any atom is -0.563 e. The highest BCUT2D eigenvalue weighted by Crippen LogP contribution is 2.35. The fourth-order valence-corrected chi connectivity index (χ4v) is 2.86. The van der Waals surface area contributed by atoms with Crippen LogP contribution < -0.4 is 15.1 Å². The van der Waals surface area contributed by atoms with Crippen LogP contribution in [0.2, 0.25) is 6.32 Å². The molecule has 2 aliphatic rings. The number of benzene rings is 1. The van der Waals surface area contributed by atoms with Crippen molar-refractivity contribution in [3.8, 4) is 11.5 Å². The number of nitrogens with zero attached hydrogens (tertiary/aromatic N) is 1. The fourth-order valence-electron chi connectivity index (χ4n) is 2.86. The van der Waals surface area contributed by atoms with Gasteiger partial charge in [-0.2, -0.15) is 0 Å². The first kappa shape index (κ1) is 14.5. The van der Waals surface area contributed by atoms with Crippen molar-refractivity contribution in [1.82, 2.24) is 4.90 Å². The van der Waals surface area contributed by atoms with Gasteiger partial charge in [-0.25, -0.2) is 0 Å². The number of hydrogen-bond acceptors (Lipinski definition) is 4. The SMILES string of the molecule is C=C(CN)CN1CC(Oc2ccc3c(c2C)O[B]CC3)C1. The van der Waals surface area contributed by atoms with Gasteiger partial charge in [-0.1, -0.05) is 12.6 Å². The van der Waals surface area contributed by atoms with Crippen molar-refractivity contribution in [1.29, 1.82) is 0 Å². The molecule has 0 aromatic heterocycles. The van der Waals surface area contributed by atoms with Gasteiger partial charge >= 0.3 is 7.48 Å². The quantitative estimate of drug-likeness (QED) is 0.658. The van der Waals surface area contributed by atoms with Crippen molar-refractivity contribution in [3.05, 3.63) is 35.4 Å². The smallest absolute Gasteiger partial charge is 0.370 e. The first-order chi connectivity index (χ1) is 10.2. The summed E-state index contributed by atoms with van der Waals surface area (Å²) in [5.41, 5.74) is 9.02. The van der Waals surface area contributed by atoms with Gasteiger partial charge in [0.15, 0.2) is 0 Å². The molecule has 1 fully saturated rings. The third-order valence-electron chi connectivity index (χ3n) is 4.12. The van der Waals surface area contributed by atoms with Crippen LogP contribution in [0.5, 0.6) is 11.5 Å². The van der Waals surface area contributed by atoms with Crippen LogP contribution in [0.4, 0.5) is 0 Å². The third-order valence-corrected chi connectivity index (χ3v) is 4.12. The molecule has 2 aliphatic heterocycles. The van der Waals surface area contributed by atoms with E-state index in [2.05, 4.69) is 30.5 Å². The van der Waals surface area contributed by atoms with Gasteiger partial charge in [0.05, 0.1) is 0 Å². The Hall–Kier alpha value is -1.46. The predicted octanol–water partition coefficient (Wildman–Crippen LogP) is 1.55. The lowest BCUT2D eigenvalue weighted by atomic mass is 9.85. The molecule has 0 bridgehead atoms. The lowest BCUT2D eigenvalue weighted by Crippen LogP contribution is -2.54. The molecule has 21 heavy (non-hydrogen) atoms. The first-order valence-electron chi connectivity index (χ1n) is 7.54. The molecular weight excluding hydrogens is 263 g/mol. The van der Waals surface area contributed by atoms with E-state index in [0.717, 1.165) is 55.0 Å². The maximum Gasteiger partial charge on any atom is 0.370 e. The second-order valence-electron chi connectivity index (χ2n) is 5.89. The van der Waals surface area contributed by atoms with Gasteiger partial charge < -0.3 is 15.1 Å². The number of fused-ring (bicyclic) bond motifs is 1. The second-order valence-corrected chi connectivity index (χ2v) is 5.89. The molecule has 0 spiro atoms. The van der Waals surface area contributed by atoms with Crippen LogP contribution in [0.25, 0.3) is 0 Å². The molecule has 2 N–H and O–H groups in total. The van der Waals surface area contributed by atoms with Gasteiger partial charge in [0.1, 0.15) is 17.6 Å². The summed E-state index contributed by atoms with van der Waals surface area (Å²) in [6, 6.07) is 4.20. The van der Waals surface area contributed by atoms with Gasteiger partial charge in [-0.15, -0.1) is 0 Å². The van der Waals surface area contributed by atoms with E-state index in [1.54, 1.807) is 0 Å². The van der Waals surface area contributed by atoms with E-state index >= 15 is 0 Å². The molecule has 4 nitrogen and oxygen atoms in total. The molecule has 0 amide bonds. The maximum atomic E-state index is 6.10. The van der Waals surface area contributed by atoms with Gasteiger partial charge in [0.2, 0.25) is 0 Å². The zero-order valence-electron chi connectivity index (χ0n) is 12.6. The van der Waals surface area contributed by atoms with E-state index in [1.165, 1.54) is 5.56 Å². The molecule has 1 radical (unpaired) electrons. The Labute approximate surface area is 127 Å². The van der Waals surface area contributed by atoms with Crippen LogP contribution in [0, 0.1) is 6.92 Å². The van der Waals surface area contributed by atoms with E-state index in [-0.39, 0.29) is 6.10 Å². The van der Waals surface area contributed by atoms with Crippen molar-refractivity contribution >= 4 is 7.48 Å². The van der Waals surface area contributed by atoms with Crippen LogP contribution in [0.15, 0.2) is 24.3 Å². The van der Waals surface area contributed by atoms with E-state index in [9.17, 15) is 0 Å². The fraction of sp³-hybridized carbons (Fsp3) is 0.500. The van der Waals surface area contributed by atoms with Crippen molar-refractivity contribution in [2.24, 2.45) is 5.73 Å². The lowest BCUT2D eigenvalue weighted by Gasteiger charge is -2.39. The molecule has 3 rings (SSSR count). The molecule has 0 aliphatic carbocycles. The van der Waals surface area contributed by atoms with Crippen molar-refractivity contribution < 1.29 is 9.39 Å². The average molecular weight is 285 g/mol. The molecular formula is C16H22BN2O2. The number of hydrogen-bond donors (Lipinski definition) is 1. The number of aryl methyl sites for hydroxylation is 1. The van der Waals surface area contributed by atoms with Crippen molar-refractivity contribution in [2.45, 2.75) is 25.8 Å². The standard InChI is InChI=1S/C16H22BN2O2/c1-11(7-18)8-19-9-14(10-19)20-15-4-3-13-5-6-17-21-16(13)12(15)2/h3-4,14H,1,5-10,18H2,2H3. The molecule has 0 atom stereocenters. The molecule has 0 saturated carbocycles. The van der Waals surface area contributed by atoms with Crippen molar-refractivity contribution in [3.63, 3.8) is 0 Å². The Morgan fingerprint density at radius 2 is 2.33 bits per heavy atom. The van der Waals surface area contributed by atoms with Gasteiger partial charge in [0, 0.05) is 31.7 Å². The molecule has 1 aromatic carbocycles.